The standard InChI is InChI=1S/C18H32N2O/c1-5-8-9-16(7-3)14-21-18-11-10-17(13-20-18)15(4)19-12-6-2/h10-11,13,15-16,19H,5-9,12,14H2,1-4H3. The Morgan fingerprint density at radius 3 is 2.57 bits per heavy atom. The number of hydrogen-bond donors (Lipinski definition) is 1. The van der Waals surface area contributed by atoms with E-state index >= 15 is 0 Å². The molecule has 0 radical (unpaired) electrons. The molecule has 21 heavy (non-hydrogen) atoms. The molecule has 120 valence electrons. The first-order valence-corrected chi connectivity index (χ1v) is 8.53. The SMILES string of the molecule is CCCCC(CC)COc1ccc(C(C)NCCC)cn1. The van der Waals surface area contributed by atoms with Crippen LogP contribution in [0.4, 0.5) is 0 Å². The predicted octanol–water partition coefficient (Wildman–Crippen LogP) is 4.74. The highest BCUT2D eigenvalue weighted by atomic mass is 16.5. The van der Waals surface area contributed by atoms with E-state index < -0.39 is 0 Å². The minimum atomic E-state index is 0.347. The third-order valence-corrected chi connectivity index (χ3v) is 3.97. The van der Waals surface area contributed by atoms with Crippen molar-refractivity contribution in [2.45, 2.75) is 65.8 Å². The lowest BCUT2D eigenvalue weighted by Crippen LogP contribution is -2.19. The van der Waals surface area contributed by atoms with Crippen molar-refractivity contribution in [2.75, 3.05) is 13.2 Å². The second-order valence-electron chi connectivity index (χ2n) is 5.83. The minimum absolute atomic E-state index is 0.347. The third-order valence-electron chi connectivity index (χ3n) is 3.97. The Bertz CT molecular complexity index is 364. The molecular weight excluding hydrogens is 260 g/mol. The summed E-state index contributed by atoms with van der Waals surface area (Å²) in [6.07, 6.45) is 8.05. The molecule has 3 nitrogen and oxygen atoms in total. The van der Waals surface area contributed by atoms with Crippen LogP contribution < -0.4 is 10.1 Å². The second kappa shape index (κ2) is 10.6. The van der Waals surface area contributed by atoms with Crippen molar-refractivity contribution in [2.24, 2.45) is 5.92 Å². The van der Waals surface area contributed by atoms with Gasteiger partial charge < -0.3 is 10.1 Å². The van der Waals surface area contributed by atoms with Crippen molar-refractivity contribution in [3.05, 3.63) is 23.9 Å². The lowest BCUT2D eigenvalue weighted by Gasteiger charge is -2.16. The first-order valence-electron chi connectivity index (χ1n) is 8.53. The smallest absolute Gasteiger partial charge is 0.213 e. The number of aromatic nitrogens is 1. The normalized spacial score (nSPS) is 13.9. The van der Waals surface area contributed by atoms with Crippen LogP contribution in [-0.4, -0.2) is 18.1 Å². The van der Waals surface area contributed by atoms with Gasteiger partial charge in [-0.05, 0) is 37.8 Å². The maximum Gasteiger partial charge on any atom is 0.213 e. The lowest BCUT2D eigenvalue weighted by molar-refractivity contribution is 0.226. The van der Waals surface area contributed by atoms with Crippen LogP contribution in [0.2, 0.25) is 0 Å². The van der Waals surface area contributed by atoms with Gasteiger partial charge in [0, 0.05) is 18.3 Å². The van der Waals surface area contributed by atoms with Crippen LogP contribution in [0, 0.1) is 5.92 Å². The van der Waals surface area contributed by atoms with Crippen LogP contribution >= 0.6 is 0 Å². The first kappa shape index (κ1) is 18.0. The van der Waals surface area contributed by atoms with Crippen molar-refractivity contribution in [3.63, 3.8) is 0 Å². The molecule has 0 aliphatic rings. The Balaban J connectivity index is 2.42. The highest BCUT2D eigenvalue weighted by molar-refractivity contribution is 5.20. The van der Waals surface area contributed by atoms with E-state index in [4.69, 9.17) is 4.74 Å². The van der Waals surface area contributed by atoms with Gasteiger partial charge in [0.25, 0.3) is 0 Å². The van der Waals surface area contributed by atoms with E-state index in [0.717, 1.165) is 25.5 Å². The van der Waals surface area contributed by atoms with E-state index in [2.05, 4.69) is 44.1 Å². The monoisotopic (exact) mass is 292 g/mol. The van der Waals surface area contributed by atoms with Crippen LogP contribution in [0.15, 0.2) is 18.3 Å². The van der Waals surface area contributed by atoms with Gasteiger partial charge in [0.15, 0.2) is 0 Å². The molecule has 3 heteroatoms. The van der Waals surface area contributed by atoms with Gasteiger partial charge in [-0.2, -0.15) is 0 Å². The molecule has 0 fully saturated rings. The second-order valence-corrected chi connectivity index (χ2v) is 5.83. The Kier molecular flexibility index (Phi) is 9.07. The van der Waals surface area contributed by atoms with Crippen molar-refractivity contribution in [1.82, 2.24) is 10.3 Å². The first-order chi connectivity index (χ1) is 10.2. The third kappa shape index (κ3) is 6.94. The molecule has 1 heterocycles. The molecule has 1 aromatic rings. The molecule has 0 spiro atoms. The maximum atomic E-state index is 5.84. The van der Waals surface area contributed by atoms with Crippen LogP contribution in [0.1, 0.15) is 71.4 Å². The van der Waals surface area contributed by atoms with Crippen LogP contribution in [0.25, 0.3) is 0 Å². The number of pyridine rings is 1. The average Bonchev–Trinajstić information content (AvgIpc) is 2.53. The quantitative estimate of drug-likeness (QED) is 0.640. The maximum absolute atomic E-state index is 5.84. The zero-order chi connectivity index (χ0) is 15.5. The minimum Gasteiger partial charge on any atom is -0.477 e. The summed E-state index contributed by atoms with van der Waals surface area (Å²) in [5, 5.41) is 3.47. The predicted molar refractivity (Wildman–Crippen MR) is 89.7 cm³/mol. The van der Waals surface area contributed by atoms with Crippen LogP contribution in [-0.2, 0) is 0 Å². The highest BCUT2D eigenvalue weighted by Crippen LogP contribution is 2.17. The fraction of sp³-hybridized carbons (Fsp3) is 0.722. The number of nitrogens with zero attached hydrogens (tertiary/aromatic N) is 1. The summed E-state index contributed by atoms with van der Waals surface area (Å²) in [7, 11) is 0. The highest BCUT2D eigenvalue weighted by Gasteiger charge is 2.08. The molecule has 1 rings (SSSR count). The molecule has 1 N–H and O–H groups in total. The summed E-state index contributed by atoms with van der Waals surface area (Å²) in [5.41, 5.74) is 1.22. The van der Waals surface area contributed by atoms with Crippen molar-refractivity contribution >= 4 is 0 Å². The number of hydrogen-bond acceptors (Lipinski definition) is 3. The van der Waals surface area contributed by atoms with Crippen molar-refractivity contribution < 1.29 is 4.74 Å². The summed E-state index contributed by atoms with van der Waals surface area (Å²) in [6.45, 7) is 10.6. The van der Waals surface area contributed by atoms with E-state index in [1.807, 2.05) is 12.3 Å². The van der Waals surface area contributed by atoms with Crippen molar-refractivity contribution in [1.29, 1.82) is 0 Å². The fourth-order valence-electron chi connectivity index (χ4n) is 2.31. The molecule has 1 aromatic heterocycles. The fourth-order valence-corrected chi connectivity index (χ4v) is 2.31. The Hall–Kier alpha value is -1.09. The van der Waals surface area contributed by atoms with E-state index in [0.29, 0.717) is 12.0 Å². The van der Waals surface area contributed by atoms with Crippen molar-refractivity contribution in [3.8, 4) is 5.88 Å². The van der Waals surface area contributed by atoms with Gasteiger partial charge in [0.2, 0.25) is 5.88 Å². The number of ether oxygens (including phenoxy) is 1. The van der Waals surface area contributed by atoms with Gasteiger partial charge in [-0.1, -0.05) is 46.1 Å². The van der Waals surface area contributed by atoms with Gasteiger partial charge in [-0.25, -0.2) is 4.98 Å². The number of rotatable bonds is 11. The van der Waals surface area contributed by atoms with Gasteiger partial charge in [-0.3, -0.25) is 0 Å². The van der Waals surface area contributed by atoms with Gasteiger partial charge >= 0.3 is 0 Å². The number of nitrogens with one attached hydrogen (secondary N) is 1. The summed E-state index contributed by atoms with van der Waals surface area (Å²) in [4.78, 5) is 4.43. The Morgan fingerprint density at radius 1 is 1.19 bits per heavy atom. The molecule has 2 unspecified atom stereocenters. The lowest BCUT2D eigenvalue weighted by atomic mass is 10.0. The molecule has 0 saturated heterocycles. The molecule has 0 aromatic carbocycles. The molecule has 0 amide bonds. The largest absolute Gasteiger partial charge is 0.477 e. The van der Waals surface area contributed by atoms with Gasteiger partial charge in [0.1, 0.15) is 0 Å². The molecule has 0 aliphatic heterocycles. The van der Waals surface area contributed by atoms with Gasteiger partial charge in [0.05, 0.1) is 6.61 Å². The Labute approximate surface area is 130 Å². The molecular formula is C18H32N2O. The topological polar surface area (TPSA) is 34.1 Å². The van der Waals surface area contributed by atoms with Crippen LogP contribution in [0.5, 0.6) is 5.88 Å². The van der Waals surface area contributed by atoms with E-state index in [1.165, 1.54) is 31.2 Å². The summed E-state index contributed by atoms with van der Waals surface area (Å²) in [6, 6.07) is 4.45. The zero-order valence-electron chi connectivity index (χ0n) is 14.2. The van der Waals surface area contributed by atoms with Gasteiger partial charge in [-0.15, -0.1) is 0 Å². The molecule has 2 atom stereocenters. The summed E-state index contributed by atoms with van der Waals surface area (Å²) in [5.74, 6) is 1.40. The molecule has 0 aliphatic carbocycles. The van der Waals surface area contributed by atoms with E-state index in [9.17, 15) is 0 Å². The zero-order valence-corrected chi connectivity index (χ0v) is 14.2. The van der Waals surface area contributed by atoms with E-state index in [1.54, 1.807) is 0 Å². The molecule has 0 saturated carbocycles. The molecule has 0 bridgehead atoms. The van der Waals surface area contributed by atoms with Crippen LogP contribution in [0.3, 0.4) is 0 Å². The average molecular weight is 292 g/mol. The van der Waals surface area contributed by atoms with E-state index in [-0.39, 0.29) is 0 Å². The summed E-state index contributed by atoms with van der Waals surface area (Å²) < 4.78 is 5.84. The Morgan fingerprint density at radius 2 is 2.00 bits per heavy atom. The summed E-state index contributed by atoms with van der Waals surface area (Å²) >= 11 is 0. The number of unbranched alkanes of at least 4 members (excludes halogenated alkanes) is 1.